The Morgan fingerprint density at radius 3 is 2.54 bits per heavy atom. The lowest BCUT2D eigenvalue weighted by Crippen LogP contribution is -2.38. The third-order valence-electron chi connectivity index (χ3n) is 7.01. The fourth-order valence-electron chi connectivity index (χ4n) is 5.18. The van der Waals surface area contributed by atoms with E-state index in [4.69, 9.17) is 0 Å². The molecule has 0 saturated carbocycles. The van der Waals surface area contributed by atoms with Crippen molar-refractivity contribution < 1.29 is 19.6 Å². The molecule has 13 nitrogen and oxygen atoms in total. The van der Waals surface area contributed by atoms with Crippen molar-refractivity contribution in [1.29, 1.82) is 0 Å². The normalized spacial score (nSPS) is 16.2. The van der Waals surface area contributed by atoms with E-state index in [0.717, 1.165) is 40.6 Å². The van der Waals surface area contributed by atoms with Crippen LogP contribution >= 0.6 is 0 Å². The fourth-order valence-corrected chi connectivity index (χ4v) is 5.18. The summed E-state index contributed by atoms with van der Waals surface area (Å²) in [7, 11) is 0. The second kappa shape index (κ2) is 10.4. The van der Waals surface area contributed by atoms with Gasteiger partial charge in [0.25, 0.3) is 5.69 Å². The van der Waals surface area contributed by atoms with E-state index in [1.165, 1.54) is 24.3 Å². The topological polar surface area (TPSA) is 180 Å². The summed E-state index contributed by atoms with van der Waals surface area (Å²) < 4.78 is 1.01. The van der Waals surface area contributed by atoms with Crippen molar-refractivity contribution in [2.24, 2.45) is 5.92 Å². The summed E-state index contributed by atoms with van der Waals surface area (Å²) in [4.78, 5) is 63.7. The Balaban J connectivity index is 1.34. The van der Waals surface area contributed by atoms with Gasteiger partial charge >= 0.3 is 23.1 Å². The maximum absolute atomic E-state index is 12.5. The van der Waals surface area contributed by atoms with Crippen LogP contribution in [0.4, 0.5) is 21.9 Å². The van der Waals surface area contributed by atoms with Crippen LogP contribution in [0.5, 0.6) is 0 Å². The minimum Gasteiger partial charge on any atom is -0.480 e. The molecule has 2 aliphatic rings. The number of anilines is 2. The molecule has 1 aromatic heterocycles. The summed E-state index contributed by atoms with van der Waals surface area (Å²) >= 11 is 0. The molecule has 2 aromatic carbocycles. The number of aryl methyl sites for hydroxylation is 1. The third kappa shape index (κ3) is 5.23. The SMILES string of the molecule is O=C(O)Cn1c(=O)c(=O)[nH]c2c3c(c(N4C=CC(CNC(=O)Nc5ccc([N+](=O)[O-])cc5)C4)cc21)CCCC3. The molecule has 1 aliphatic carbocycles. The van der Waals surface area contributed by atoms with Gasteiger partial charge in [0.15, 0.2) is 0 Å². The van der Waals surface area contributed by atoms with Gasteiger partial charge in [-0.05, 0) is 55.0 Å². The highest BCUT2D eigenvalue weighted by molar-refractivity contribution is 5.89. The number of nitro groups is 1. The van der Waals surface area contributed by atoms with Crippen molar-refractivity contribution >= 4 is 40.1 Å². The van der Waals surface area contributed by atoms with Gasteiger partial charge < -0.3 is 25.6 Å². The number of aromatic amines is 1. The molecule has 2 heterocycles. The number of carbonyl (C=O) groups is 2. The summed E-state index contributed by atoms with van der Waals surface area (Å²) in [5, 5.41) is 25.6. The summed E-state index contributed by atoms with van der Waals surface area (Å²) in [6.45, 7) is 0.255. The molecule has 0 radical (unpaired) electrons. The van der Waals surface area contributed by atoms with E-state index in [1.54, 1.807) is 6.07 Å². The number of urea groups is 1. The second-order valence-electron chi connectivity index (χ2n) is 9.59. The van der Waals surface area contributed by atoms with Crippen LogP contribution in [0.15, 0.2) is 52.2 Å². The highest BCUT2D eigenvalue weighted by Gasteiger charge is 2.26. The minimum atomic E-state index is -1.22. The molecule has 202 valence electrons. The first kappa shape index (κ1) is 25.7. The van der Waals surface area contributed by atoms with Crippen LogP contribution in [0, 0.1) is 16.0 Å². The van der Waals surface area contributed by atoms with E-state index in [1.807, 2.05) is 17.2 Å². The standard InChI is InChI=1S/C26H26N6O7/c33-22(34)14-31-21-11-20(18-3-1-2-4-19(18)23(21)29-24(35)25(31)36)30-10-9-15(13-30)12-27-26(37)28-16-5-7-17(8-6-16)32(38)39/h5-11,15H,1-4,12-14H2,(H,29,35)(H,33,34)(H2,27,28,37). The van der Waals surface area contributed by atoms with Crippen LogP contribution < -0.4 is 26.7 Å². The molecule has 5 rings (SSSR count). The zero-order chi connectivity index (χ0) is 27.7. The molecule has 2 amide bonds. The van der Waals surface area contributed by atoms with Gasteiger partial charge in [0.05, 0.1) is 16.0 Å². The number of rotatable bonds is 7. The number of hydrogen-bond donors (Lipinski definition) is 4. The number of benzene rings is 2. The number of amides is 2. The first-order valence-corrected chi connectivity index (χ1v) is 12.5. The first-order valence-electron chi connectivity index (χ1n) is 12.5. The van der Waals surface area contributed by atoms with Crippen LogP contribution in [-0.4, -0.2) is 44.7 Å². The number of H-pyrrole nitrogens is 1. The smallest absolute Gasteiger partial charge is 0.323 e. The van der Waals surface area contributed by atoms with Crippen molar-refractivity contribution in [3.8, 4) is 0 Å². The fraction of sp³-hybridized carbons (Fsp3) is 0.308. The number of non-ortho nitro benzene ring substituents is 1. The van der Waals surface area contributed by atoms with Crippen molar-refractivity contribution in [3.63, 3.8) is 0 Å². The number of nitrogens with one attached hydrogen (secondary N) is 3. The Labute approximate surface area is 220 Å². The number of nitrogens with zero attached hydrogens (tertiary/aromatic N) is 3. The Bertz CT molecular complexity index is 1620. The van der Waals surface area contributed by atoms with Crippen LogP contribution in [0.25, 0.3) is 11.0 Å². The van der Waals surface area contributed by atoms with Crippen molar-refractivity contribution in [1.82, 2.24) is 14.9 Å². The third-order valence-corrected chi connectivity index (χ3v) is 7.01. The average molecular weight is 535 g/mol. The molecule has 4 N–H and O–H groups in total. The Kier molecular flexibility index (Phi) is 6.88. The summed E-state index contributed by atoms with van der Waals surface area (Å²) in [6, 6.07) is 6.84. The molecule has 1 aliphatic heterocycles. The summed E-state index contributed by atoms with van der Waals surface area (Å²) in [5.41, 5.74) is 2.29. The number of aromatic nitrogens is 2. The monoisotopic (exact) mass is 534 g/mol. The lowest BCUT2D eigenvalue weighted by atomic mass is 9.88. The van der Waals surface area contributed by atoms with Gasteiger partial charge in [0, 0.05) is 48.7 Å². The van der Waals surface area contributed by atoms with Crippen LogP contribution in [0.1, 0.15) is 24.0 Å². The molecule has 0 bridgehead atoms. The molecule has 0 saturated heterocycles. The molecular weight excluding hydrogens is 508 g/mol. The lowest BCUT2D eigenvalue weighted by molar-refractivity contribution is -0.384. The number of nitro benzene ring substituents is 1. The van der Waals surface area contributed by atoms with E-state index in [-0.39, 0.29) is 11.6 Å². The Morgan fingerprint density at radius 2 is 1.85 bits per heavy atom. The lowest BCUT2D eigenvalue weighted by Gasteiger charge is -2.28. The molecule has 1 unspecified atom stereocenters. The van der Waals surface area contributed by atoms with Gasteiger partial charge in [-0.25, -0.2) is 4.79 Å². The number of carboxylic acids is 1. The molecular formula is C26H26N6O7. The zero-order valence-corrected chi connectivity index (χ0v) is 20.8. The largest absolute Gasteiger partial charge is 0.480 e. The van der Waals surface area contributed by atoms with Gasteiger partial charge in [-0.3, -0.25) is 29.1 Å². The molecule has 0 fully saturated rings. The second-order valence-corrected chi connectivity index (χ2v) is 9.59. The van der Waals surface area contributed by atoms with Crippen molar-refractivity contribution in [3.05, 3.63) is 84.6 Å². The van der Waals surface area contributed by atoms with Crippen molar-refractivity contribution in [2.45, 2.75) is 32.2 Å². The highest BCUT2D eigenvalue weighted by Crippen LogP contribution is 2.37. The van der Waals surface area contributed by atoms with Crippen molar-refractivity contribution in [2.75, 3.05) is 23.3 Å². The maximum Gasteiger partial charge on any atom is 0.323 e. The van der Waals surface area contributed by atoms with Gasteiger partial charge in [-0.2, -0.15) is 0 Å². The van der Waals surface area contributed by atoms with Crippen LogP contribution in [-0.2, 0) is 24.2 Å². The molecule has 13 heteroatoms. The maximum atomic E-state index is 12.5. The summed E-state index contributed by atoms with van der Waals surface area (Å²) in [5.74, 6) is -1.25. The van der Waals surface area contributed by atoms with E-state index < -0.39 is 34.6 Å². The number of hydrogen-bond acceptors (Lipinski definition) is 7. The predicted molar refractivity (Wildman–Crippen MR) is 143 cm³/mol. The van der Waals surface area contributed by atoms with Crippen LogP contribution in [0.2, 0.25) is 0 Å². The van der Waals surface area contributed by atoms with E-state index in [9.17, 15) is 34.4 Å². The quantitative estimate of drug-likeness (QED) is 0.202. The van der Waals surface area contributed by atoms with Gasteiger partial charge in [0.1, 0.15) is 6.54 Å². The Hall–Kier alpha value is -4.94. The van der Waals surface area contributed by atoms with Gasteiger partial charge in [-0.1, -0.05) is 6.08 Å². The number of carbonyl (C=O) groups excluding carboxylic acids is 1. The molecule has 0 spiro atoms. The van der Waals surface area contributed by atoms with Crippen LogP contribution in [0.3, 0.4) is 0 Å². The average Bonchev–Trinajstić information content (AvgIpc) is 3.39. The van der Waals surface area contributed by atoms with E-state index >= 15 is 0 Å². The first-order chi connectivity index (χ1) is 18.7. The predicted octanol–water partition coefficient (Wildman–Crippen LogP) is 2.33. The summed E-state index contributed by atoms with van der Waals surface area (Å²) in [6.07, 6.45) is 7.23. The number of carboxylic acid groups (broad SMARTS) is 1. The Morgan fingerprint density at radius 1 is 1.13 bits per heavy atom. The zero-order valence-electron chi connectivity index (χ0n) is 20.8. The number of aliphatic carboxylic acids is 1. The van der Waals surface area contributed by atoms with E-state index in [2.05, 4.69) is 15.6 Å². The number of fused-ring (bicyclic) bond motifs is 3. The van der Waals surface area contributed by atoms with Gasteiger partial charge in [0.2, 0.25) is 0 Å². The molecule has 39 heavy (non-hydrogen) atoms. The van der Waals surface area contributed by atoms with Gasteiger partial charge in [-0.15, -0.1) is 0 Å². The highest BCUT2D eigenvalue weighted by atomic mass is 16.6. The minimum absolute atomic E-state index is 0.0284. The van der Waals surface area contributed by atoms with E-state index in [0.29, 0.717) is 36.2 Å². The molecule has 1 atom stereocenters. The molecule has 3 aromatic rings.